The fraction of sp³-hybridized carbons (Fsp3) is 0.516. The van der Waals surface area contributed by atoms with E-state index in [1.807, 2.05) is 28.0 Å². The lowest BCUT2D eigenvalue weighted by molar-refractivity contribution is -0.141. The molecule has 0 bridgehead atoms. The van der Waals surface area contributed by atoms with E-state index in [4.69, 9.17) is 4.74 Å². The number of alkyl halides is 3. The first kappa shape index (κ1) is 30.9. The van der Waals surface area contributed by atoms with Crippen LogP contribution in [0.15, 0.2) is 43.1 Å². The van der Waals surface area contributed by atoms with Gasteiger partial charge in [0, 0.05) is 67.5 Å². The van der Waals surface area contributed by atoms with Gasteiger partial charge in [-0.25, -0.2) is 15.0 Å². The first-order valence-electron chi connectivity index (χ1n) is 15.3. The Bertz CT molecular complexity index is 1620. The summed E-state index contributed by atoms with van der Waals surface area (Å²) >= 11 is 0. The van der Waals surface area contributed by atoms with E-state index >= 15 is 0 Å². The second kappa shape index (κ2) is 13.5. The number of aliphatic hydroxyl groups excluding tert-OH is 1. The minimum atomic E-state index is -4.60. The van der Waals surface area contributed by atoms with Gasteiger partial charge in [-0.05, 0) is 56.3 Å². The molecule has 2 saturated heterocycles. The molecular weight excluding hydrogens is 587 g/mol. The summed E-state index contributed by atoms with van der Waals surface area (Å²) in [7, 11) is 0. The highest BCUT2D eigenvalue weighted by molar-refractivity contribution is 5.89. The van der Waals surface area contributed by atoms with Gasteiger partial charge in [-0.2, -0.15) is 23.5 Å². The summed E-state index contributed by atoms with van der Waals surface area (Å²) in [5, 5.41) is 24.4. The zero-order valence-electron chi connectivity index (χ0n) is 24.8. The Balaban J connectivity index is 1.10. The van der Waals surface area contributed by atoms with E-state index in [0.29, 0.717) is 57.4 Å². The van der Waals surface area contributed by atoms with E-state index in [-0.39, 0.29) is 30.7 Å². The summed E-state index contributed by atoms with van der Waals surface area (Å²) in [5.74, 6) is -0.0237. The molecule has 2 N–H and O–H groups in total. The maximum Gasteiger partial charge on any atom is 0.433 e. The van der Waals surface area contributed by atoms with E-state index in [9.17, 15) is 23.5 Å². The third-order valence-electron chi connectivity index (χ3n) is 8.78. The number of rotatable bonds is 11. The van der Waals surface area contributed by atoms with Gasteiger partial charge in [-0.1, -0.05) is 0 Å². The predicted molar refractivity (Wildman–Crippen MR) is 159 cm³/mol. The second-order valence-corrected chi connectivity index (χ2v) is 11.8. The van der Waals surface area contributed by atoms with Crippen molar-refractivity contribution >= 4 is 11.0 Å². The van der Waals surface area contributed by atoms with Gasteiger partial charge in [-0.3, -0.25) is 14.5 Å². The molecule has 45 heavy (non-hydrogen) atoms. The number of likely N-dealkylation sites (tertiary alicyclic amines) is 2. The number of hydrogen-bond acceptors (Lipinski definition) is 9. The monoisotopic (exact) mass is 623 g/mol. The first-order chi connectivity index (χ1) is 21.8. The number of nitrogens with zero attached hydrogens (tertiary/aromatic N) is 8. The lowest BCUT2D eigenvalue weighted by Gasteiger charge is -2.37. The summed E-state index contributed by atoms with van der Waals surface area (Å²) in [6.45, 7) is 2.93. The topological polar surface area (TPSA) is 132 Å². The van der Waals surface area contributed by atoms with Crippen LogP contribution in [0.5, 0.6) is 5.88 Å². The molecule has 2 fully saturated rings. The summed E-state index contributed by atoms with van der Waals surface area (Å²) < 4.78 is 49.2. The normalized spacial score (nSPS) is 19.2. The largest absolute Gasteiger partial charge is 0.474 e. The first-order valence-corrected chi connectivity index (χ1v) is 15.3. The van der Waals surface area contributed by atoms with Gasteiger partial charge in [0.15, 0.2) is 0 Å². The van der Waals surface area contributed by atoms with Crippen LogP contribution in [0.3, 0.4) is 0 Å². The quantitative estimate of drug-likeness (QED) is 0.249. The van der Waals surface area contributed by atoms with E-state index < -0.39 is 11.9 Å². The van der Waals surface area contributed by atoms with Gasteiger partial charge in [0.2, 0.25) is 5.88 Å². The van der Waals surface area contributed by atoms with Crippen LogP contribution >= 0.6 is 0 Å². The number of ether oxygens (including phenoxy) is 1. The third-order valence-corrected chi connectivity index (χ3v) is 8.78. The van der Waals surface area contributed by atoms with Crippen molar-refractivity contribution in [1.29, 1.82) is 5.26 Å². The van der Waals surface area contributed by atoms with Gasteiger partial charge in [0.05, 0.1) is 31.1 Å². The van der Waals surface area contributed by atoms with E-state index in [2.05, 4.69) is 36.0 Å². The molecule has 0 radical (unpaired) electrons. The molecule has 0 saturated carbocycles. The summed E-state index contributed by atoms with van der Waals surface area (Å²) in [4.78, 5) is 19.9. The molecule has 2 atom stereocenters. The molecule has 0 amide bonds. The van der Waals surface area contributed by atoms with Crippen LogP contribution in [0, 0.1) is 11.3 Å². The van der Waals surface area contributed by atoms with Gasteiger partial charge in [0.1, 0.15) is 23.8 Å². The van der Waals surface area contributed by atoms with Crippen LogP contribution in [0.25, 0.3) is 22.3 Å². The molecule has 4 aromatic rings. The Kier molecular flexibility index (Phi) is 9.29. The van der Waals surface area contributed by atoms with Crippen LogP contribution in [0.4, 0.5) is 13.2 Å². The zero-order chi connectivity index (χ0) is 31.4. The highest BCUT2D eigenvalue weighted by Gasteiger charge is 2.35. The Morgan fingerprint density at radius 3 is 2.78 bits per heavy atom. The van der Waals surface area contributed by atoms with Crippen LogP contribution in [0.1, 0.15) is 49.8 Å². The predicted octanol–water partition coefficient (Wildman–Crippen LogP) is 4.41. The summed E-state index contributed by atoms with van der Waals surface area (Å²) in [6.07, 6.45) is 6.21. The number of hydrogen-bond donors (Lipinski definition) is 2. The number of piperidine rings is 1. The molecule has 6 rings (SSSR count). The molecule has 2 aliphatic heterocycles. The van der Waals surface area contributed by atoms with Gasteiger partial charge < -0.3 is 14.8 Å². The van der Waals surface area contributed by atoms with Crippen molar-refractivity contribution in [3.63, 3.8) is 0 Å². The molecular formula is C31H36F3N9O2. The molecule has 14 heteroatoms. The fourth-order valence-corrected chi connectivity index (χ4v) is 6.45. The van der Waals surface area contributed by atoms with Gasteiger partial charge in [0.25, 0.3) is 0 Å². The van der Waals surface area contributed by atoms with Crippen molar-refractivity contribution in [1.82, 2.24) is 39.5 Å². The van der Waals surface area contributed by atoms with Gasteiger partial charge in [-0.15, -0.1) is 0 Å². The second-order valence-electron chi connectivity index (χ2n) is 11.8. The molecule has 6 heterocycles. The SMILES string of the molecule is N#CCC[C@@H](Cn1cc(-c2ncnc3[nH]ccc23)cn1)N1CCC(Oc2cc(CN3CCC[C@H]3CO)cc(C(F)(F)F)n2)CC1. The van der Waals surface area contributed by atoms with Crippen molar-refractivity contribution < 1.29 is 23.0 Å². The van der Waals surface area contributed by atoms with Crippen LogP contribution in [-0.4, -0.2) is 89.1 Å². The highest BCUT2D eigenvalue weighted by atomic mass is 19.4. The lowest BCUT2D eigenvalue weighted by atomic mass is 10.0. The molecule has 0 spiro atoms. The number of aromatic nitrogens is 6. The average molecular weight is 624 g/mol. The van der Waals surface area contributed by atoms with E-state index in [1.165, 1.54) is 6.33 Å². The molecule has 238 valence electrons. The Morgan fingerprint density at radius 1 is 1.16 bits per heavy atom. The zero-order valence-corrected chi connectivity index (χ0v) is 24.8. The smallest absolute Gasteiger partial charge is 0.433 e. The Morgan fingerprint density at radius 2 is 2.00 bits per heavy atom. The number of fused-ring (bicyclic) bond motifs is 1. The van der Waals surface area contributed by atoms with Crippen LogP contribution < -0.4 is 4.74 Å². The number of aliphatic hydroxyl groups is 1. The molecule has 2 aliphatic rings. The lowest BCUT2D eigenvalue weighted by Crippen LogP contribution is -2.46. The van der Waals surface area contributed by atoms with Gasteiger partial charge >= 0.3 is 6.18 Å². The number of aromatic amines is 1. The van der Waals surface area contributed by atoms with E-state index in [0.717, 1.165) is 47.7 Å². The van der Waals surface area contributed by atoms with Crippen LogP contribution in [-0.2, 0) is 19.3 Å². The summed E-state index contributed by atoms with van der Waals surface area (Å²) in [6, 6.07) is 6.85. The molecule has 0 aromatic carbocycles. The van der Waals surface area contributed by atoms with E-state index in [1.54, 1.807) is 12.3 Å². The molecule has 0 unspecified atom stereocenters. The third kappa shape index (κ3) is 7.27. The highest BCUT2D eigenvalue weighted by Crippen LogP contribution is 2.32. The number of halogens is 3. The van der Waals surface area contributed by atoms with Crippen LogP contribution in [0.2, 0.25) is 0 Å². The Labute approximate surface area is 258 Å². The number of H-pyrrole nitrogens is 1. The Hall–Kier alpha value is -4.06. The molecule has 0 aliphatic carbocycles. The number of pyridine rings is 1. The minimum Gasteiger partial charge on any atom is -0.474 e. The average Bonchev–Trinajstić information content (AvgIpc) is 3.80. The van der Waals surface area contributed by atoms with Crippen molar-refractivity contribution in [2.75, 3.05) is 26.2 Å². The maximum atomic E-state index is 13.7. The number of nitriles is 1. The standard InChI is InChI=1S/C31H36F3N9O2/c32-31(33,34)27-13-21(16-42-10-2-4-24(42)19-44)14-28(40-27)45-25-6-11-41(12-7-25)23(3-1-8-35)18-43-17-22(15-39-43)29-26-5-9-36-30(26)38-20-37-29/h5,9,13-15,17,20,23-25,44H,1-4,6-7,10-12,16,18-19H2,(H,36,37,38)/t23-,24-/m0/s1. The van der Waals surface area contributed by atoms with Crippen molar-refractivity contribution in [2.24, 2.45) is 0 Å². The van der Waals surface area contributed by atoms with Crippen molar-refractivity contribution in [2.45, 2.75) is 76.0 Å². The minimum absolute atomic E-state index is 0.0188. The van der Waals surface area contributed by atoms with Crippen molar-refractivity contribution in [3.8, 4) is 23.2 Å². The summed E-state index contributed by atoms with van der Waals surface area (Å²) in [5.41, 5.74) is 1.92. The fourth-order valence-electron chi connectivity index (χ4n) is 6.45. The maximum absolute atomic E-state index is 13.7. The molecule has 4 aromatic heterocycles. The number of nitrogens with one attached hydrogen (secondary N) is 1. The molecule has 11 nitrogen and oxygen atoms in total. The van der Waals surface area contributed by atoms with Crippen molar-refractivity contribution in [3.05, 3.63) is 54.4 Å².